The minimum Gasteiger partial charge on any atom is -0.444 e. The SMILES string of the molecule is Cc1cc(C#N)c(NC(=O)OC(C)(C)C)s1. The number of nitrogens with zero attached hydrogens (tertiary/aromatic N) is 1. The number of carbonyl (C=O) groups excluding carboxylic acids is 1. The van der Waals surface area contributed by atoms with Crippen molar-refractivity contribution in [3.05, 3.63) is 16.5 Å². The first-order valence-corrected chi connectivity index (χ1v) is 5.64. The monoisotopic (exact) mass is 238 g/mol. The Hall–Kier alpha value is -1.54. The summed E-state index contributed by atoms with van der Waals surface area (Å²) in [5, 5.41) is 12.0. The Labute approximate surface area is 98.8 Å². The highest BCUT2D eigenvalue weighted by Gasteiger charge is 2.18. The van der Waals surface area contributed by atoms with Crippen molar-refractivity contribution in [2.24, 2.45) is 0 Å². The molecule has 16 heavy (non-hydrogen) atoms. The van der Waals surface area contributed by atoms with E-state index in [9.17, 15) is 4.79 Å². The molecule has 1 rings (SSSR count). The van der Waals surface area contributed by atoms with Crippen LogP contribution < -0.4 is 5.32 Å². The van der Waals surface area contributed by atoms with Gasteiger partial charge in [-0.1, -0.05) is 0 Å². The third-order valence-corrected chi connectivity index (χ3v) is 2.56. The van der Waals surface area contributed by atoms with Crippen molar-refractivity contribution >= 4 is 22.4 Å². The van der Waals surface area contributed by atoms with Crippen LogP contribution in [-0.2, 0) is 4.74 Å². The minimum absolute atomic E-state index is 0.466. The Morgan fingerprint density at radius 3 is 2.69 bits per heavy atom. The van der Waals surface area contributed by atoms with Gasteiger partial charge in [-0.2, -0.15) is 5.26 Å². The summed E-state index contributed by atoms with van der Waals surface area (Å²) in [6, 6.07) is 3.76. The molecule has 0 aliphatic rings. The Kier molecular flexibility index (Phi) is 3.55. The number of anilines is 1. The quantitative estimate of drug-likeness (QED) is 0.816. The first-order valence-electron chi connectivity index (χ1n) is 4.82. The molecule has 1 aromatic heterocycles. The summed E-state index contributed by atoms with van der Waals surface area (Å²) in [6.45, 7) is 7.25. The van der Waals surface area contributed by atoms with Crippen LogP contribution >= 0.6 is 11.3 Å². The van der Waals surface area contributed by atoms with Gasteiger partial charge in [0.25, 0.3) is 0 Å². The predicted molar refractivity (Wildman–Crippen MR) is 63.6 cm³/mol. The molecule has 0 saturated carbocycles. The summed E-state index contributed by atoms with van der Waals surface area (Å²) in [6.07, 6.45) is -0.536. The average molecular weight is 238 g/mol. The van der Waals surface area contributed by atoms with E-state index in [2.05, 4.69) is 5.32 Å². The van der Waals surface area contributed by atoms with Gasteiger partial charge in [0.1, 0.15) is 16.7 Å². The van der Waals surface area contributed by atoms with E-state index in [-0.39, 0.29) is 0 Å². The zero-order valence-electron chi connectivity index (χ0n) is 9.75. The highest BCUT2D eigenvalue weighted by molar-refractivity contribution is 7.16. The molecule has 0 bridgehead atoms. The molecular formula is C11H14N2O2S. The number of hydrogen-bond acceptors (Lipinski definition) is 4. The predicted octanol–water partition coefficient (Wildman–Crippen LogP) is 3.28. The van der Waals surface area contributed by atoms with Crippen LogP contribution in [0.4, 0.5) is 9.80 Å². The highest BCUT2D eigenvalue weighted by Crippen LogP contribution is 2.27. The Balaban J connectivity index is 2.74. The second-order valence-electron chi connectivity index (χ2n) is 4.34. The molecule has 0 aromatic carbocycles. The fraction of sp³-hybridized carbons (Fsp3) is 0.455. The number of aryl methyl sites for hydroxylation is 1. The summed E-state index contributed by atoms with van der Waals surface area (Å²) < 4.78 is 5.10. The van der Waals surface area contributed by atoms with Gasteiger partial charge < -0.3 is 4.74 Å². The third kappa shape index (κ3) is 3.55. The third-order valence-electron chi connectivity index (χ3n) is 1.59. The van der Waals surface area contributed by atoms with Crippen molar-refractivity contribution < 1.29 is 9.53 Å². The minimum atomic E-state index is -0.538. The summed E-state index contributed by atoms with van der Waals surface area (Å²) in [5.41, 5.74) is -0.0724. The number of thiophene rings is 1. The highest BCUT2D eigenvalue weighted by atomic mass is 32.1. The number of amides is 1. The van der Waals surface area contributed by atoms with Crippen LogP contribution in [0.3, 0.4) is 0 Å². The van der Waals surface area contributed by atoms with Crippen LogP contribution in [0.5, 0.6) is 0 Å². The first kappa shape index (κ1) is 12.5. The smallest absolute Gasteiger partial charge is 0.412 e. The maximum Gasteiger partial charge on any atom is 0.412 e. The van der Waals surface area contributed by atoms with Gasteiger partial charge in [0.15, 0.2) is 0 Å². The zero-order valence-corrected chi connectivity index (χ0v) is 10.6. The fourth-order valence-electron chi connectivity index (χ4n) is 1.09. The number of carbonyl (C=O) groups is 1. The molecule has 0 fully saturated rings. The molecule has 0 atom stereocenters. The van der Waals surface area contributed by atoms with Gasteiger partial charge in [-0.15, -0.1) is 11.3 Å². The van der Waals surface area contributed by atoms with E-state index in [4.69, 9.17) is 10.00 Å². The standard InChI is InChI=1S/C11H14N2O2S/c1-7-5-8(6-12)9(16-7)13-10(14)15-11(2,3)4/h5H,1-4H3,(H,13,14). The van der Waals surface area contributed by atoms with Crippen LogP contribution in [0.1, 0.15) is 31.2 Å². The van der Waals surface area contributed by atoms with Crippen LogP contribution in [-0.4, -0.2) is 11.7 Å². The van der Waals surface area contributed by atoms with E-state index in [1.165, 1.54) is 11.3 Å². The maximum atomic E-state index is 11.5. The largest absolute Gasteiger partial charge is 0.444 e. The van der Waals surface area contributed by atoms with Crippen molar-refractivity contribution in [1.82, 2.24) is 0 Å². The molecule has 86 valence electrons. The molecule has 0 saturated heterocycles. The number of rotatable bonds is 1. The van der Waals surface area contributed by atoms with Gasteiger partial charge in [-0.05, 0) is 33.8 Å². The van der Waals surface area contributed by atoms with Crippen LogP contribution in [0, 0.1) is 18.3 Å². The maximum absolute atomic E-state index is 11.5. The molecule has 0 aliphatic heterocycles. The van der Waals surface area contributed by atoms with E-state index in [0.29, 0.717) is 10.6 Å². The molecule has 0 radical (unpaired) electrons. The zero-order chi connectivity index (χ0) is 12.3. The Morgan fingerprint density at radius 1 is 1.56 bits per heavy atom. The fourth-order valence-corrected chi connectivity index (χ4v) is 1.93. The van der Waals surface area contributed by atoms with Crippen LogP contribution in [0.25, 0.3) is 0 Å². The lowest BCUT2D eigenvalue weighted by Crippen LogP contribution is -2.27. The lowest BCUT2D eigenvalue weighted by molar-refractivity contribution is 0.0636. The summed E-state index contributed by atoms with van der Waals surface area (Å²) in [5.74, 6) is 0. The number of nitrogens with one attached hydrogen (secondary N) is 1. The molecular weight excluding hydrogens is 224 g/mol. The van der Waals surface area contributed by atoms with E-state index in [0.717, 1.165) is 4.88 Å². The molecule has 1 amide bonds. The van der Waals surface area contributed by atoms with Gasteiger partial charge in [0, 0.05) is 4.88 Å². The first-order chi connectivity index (χ1) is 7.31. The number of hydrogen-bond donors (Lipinski definition) is 1. The van der Waals surface area contributed by atoms with Crippen LogP contribution in [0.2, 0.25) is 0 Å². The van der Waals surface area contributed by atoms with E-state index in [1.54, 1.807) is 26.8 Å². The number of ether oxygens (including phenoxy) is 1. The van der Waals surface area contributed by atoms with Crippen molar-refractivity contribution in [2.45, 2.75) is 33.3 Å². The topological polar surface area (TPSA) is 62.1 Å². The van der Waals surface area contributed by atoms with Crippen LogP contribution in [0.15, 0.2) is 6.07 Å². The van der Waals surface area contributed by atoms with E-state index in [1.807, 2.05) is 13.0 Å². The van der Waals surface area contributed by atoms with Gasteiger partial charge in [0.05, 0.1) is 5.56 Å². The molecule has 0 aliphatic carbocycles. The molecule has 0 spiro atoms. The second-order valence-corrected chi connectivity index (χ2v) is 5.59. The summed E-state index contributed by atoms with van der Waals surface area (Å²) >= 11 is 1.36. The number of nitriles is 1. The molecule has 0 unspecified atom stereocenters. The van der Waals surface area contributed by atoms with Gasteiger partial charge in [-0.25, -0.2) is 4.79 Å². The summed E-state index contributed by atoms with van der Waals surface area (Å²) in [7, 11) is 0. The molecule has 4 nitrogen and oxygen atoms in total. The lowest BCUT2D eigenvalue weighted by Gasteiger charge is -2.19. The van der Waals surface area contributed by atoms with E-state index < -0.39 is 11.7 Å². The van der Waals surface area contributed by atoms with Gasteiger partial charge >= 0.3 is 6.09 Å². The van der Waals surface area contributed by atoms with Crippen molar-refractivity contribution in [3.8, 4) is 6.07 Å². The van der Waals surface area contributed by atoms with Crippen molar-refractivity contribution in [2.75, 3.05) is 5.32 Å². The van der Waals surface area contributed by atoms with E-state index >= 15 is 0 Å². The normalized spacial score (nSPS) is 10.7. The Bertz CT molecular complexity index is 438. The van der Waals surface area contributed by atoms with Crippen molar-refractivity contribution in [1.29, 1.82) is 5.26 Å². The average Bonchev–Trinajstić information content (AvgIpc) is 2.42. The summed E-state index contributed by atoms with van der Waals surface area (Å²) in [4.78, 5) is 12.4. The van der Waals surface area contributed by atoms with Crippen molar-refractivity contribution in [3.63, 3.8) is 0 Å². The molecule has 5 heteroatoms. The second kappa shape index (κ2) is 4.54. The molecule has 1 N–H and O–H groups in total. The molecule has 1 aromatic rings. The molecule has 1 heterocycles. The Morgan fingerprint density at radius 2 is 2.19 bits per heavy atom. The van der Waals surface area contributed by atoms with Gasteiger partial charge in [0.2, 0.25) is 0 Å². The van der Waals surface area contributed by atoms with Gasteiger partial charge in [-0.3, -0.25) is 5.32 Å². The lowest BCUT2D eigenvalue weighted by atomic mass is 10.2.